The fourth-order valence-corrected chi connectivity index (χ4v) is 2.93. The molecule has 2 rings (SSSR count). The van der Waals surface area contributed by atoms with E-state index in [0.717, 1.165) is 6.42 Å². The molecule has 2 fully saturated rings. The molecule has 22 heavy (non-hydrogen) atoms. The van der Waals surface area contributed by atoms with Crippen molar-refractivity contribution in [3.05, 3.63) is 0 Å². The molecular weight excluding hydrogens is 286 g/mol. The zero-order valence-corrected chi connectivity index (χ0v) is 13.5. The molecule has 0 aliphatic carbocycles. The third kappa shape index (κ3) is 4.35. The number of hydrogen-bond donors (Lipinski definition) is 2. The van der Waals surface area contributed by atoms with Gasteiger partial charge in [0.25, 0.3) is 0 Å². The molecule has 2 saturated heterocycles. The number of nitrogens with one attached hydrogen (secondary N) is 2. The maximum Gasteiger partial charge on any atom is 0.407 e. The zero-order valence-electron chi connectivity index (χ0n) is 13.5. The van der Waals surface area contributed by atoms with Crippen LogP contribution in [-0.4, -0.2) is 54.6 Å². The quantitative estimate of drug-likeness (QED) is 0.800. The minimum absolute atomic E-state index is 0.00674. The van der Waals surface area contributed by atoms with Crippen LogP contribution in [0.2, 0.25) is 0 Å². The predicted molar refractivity (Wildman–Crippen MR) is 80.1 cm³/mol. The largest absolute Gasteiger partial charge is 0.444 e. The zero-order chi connectivity index (χ0) is 16.4. The lowest BCUT2D eigenvalue weighted by Gasteiger charge is -2.22. The van der Waals surface area contributed by atoms with Crippen molar-refractivity contribution in [3.8, 4) is 0 Å². The predicted octanol–water partition coefficient (Wildman–Crippen LogP) is 0.640. The lowest BCUT2D eigenvalue weighted by Crippen LogP contribution is -2.37. The highest BCUT2D eigenvalue weighted by Crippen LogP contribution is 2.36. The van der Waals surface area contributed by atoms with E-state index in [1.54, 1.807) is 25.7 Å². The van der Waals surface area contributed by atoms with Crippen molar-refractivity contribution in [3.63, 3.8) is 0 Å². The van der Waals surface area contributed by atoms with Crippen LogP contribution in [0.25, 0.3) is 0 Å². The molecule has 2 aliphatic rings. The summed E-state index contributed by atoms with van der Waals surface area (Å²) in [5, 5.41) is 5.43. The molecule has 0 aromatic heterocycles. The van der Waals surface area contributed by atoms with E-state index in [1.807, 2.05) is 0 Å². The van der Waals surface area contributed by atoms with Crippen molar-refractivity contribution in [1.82, 2.24) is 15.5 Å². The van der Waals surface area contributed by atoms with E-state index in [4.69, 9.17) is 4.74 Å². The van der Waals surface area contributed by atoms with Crippen LogP contribution in [0.1, 0.15) is 40.0 Å². The summed E-state index contributed by atoms with van der Waals surface area (Å²) in [5.41, 5.74) is -0.622. The molecule has 1 spiro atoms. The van der Waals surface area contributed by atoms with Gasteiger partial charge in [-0.25, -0.2) is 4.79 Å². The Morgan fingerprint density at radius 1 is 1.41 bits per heavy atom. The van der Waals surface area contributed by atoms with Crippen molar-refractivity contribution in [2.24, 2.45) is 5.41 Å². The average molecular weight is 311 g/mol. The van der Waals surface area contributed by atoms with Gasteiger partial charge in [-0.05, 0) is 27.2 Å². The van der Waals surface area contributed by atoms with E-state index in [1.165, 1.54) is 0 Å². The second-order valence-electron chi connectivity index (χ2n) is 7.20. The van der Waals surface area contributed by atoms with Crippen LogP contribution in [0, 0.1) is 5.41 Å². The second-order valence-corrected chi connectivity index (χ2v) is 7.20. The first kappa shape index (κ1) is 16.6. The molecule has 1 unspecified atom stereocenters. The fourth-order valence-electron chi connectivity index (χ4n) is 2.93. The van der Waals surface area contributed by atoms with Crippen LogP contribution in [0.3, 0.4) is 0 Å². The highest BCUT2D eigenvalue weighted by Gasteiger charge is 2.44. The third-order valence-electron chi connectivity index (χ3n) is 3.99. The van der Waals surface area contributed by atoms with Crippen molar-refractivity contribution in [1.29, 1.82) is 0 Å². The molecule has 0 saturated carbocycles. The number of rotatable bonds is 3. The maximum absolute atomic E-state index is 12.2. The summed E-state index contributed by atoms with van der Waals surface area (Å²) in [6.07, 6.45) is 1.10. The first-order valence-corrected chi connectivity index (χ1v) is 7.71. The van der Waals surface area contributed by atoms with Crippen LogP contribution in [0.4, 0.5) is 4.79 Å². The minimum atomic E-state index is -0.544. The van der Waals surface area contributed by atoms with Gasteiger partial charge in [-0.15, -0.1) is 0 Å². The molecule has 0 bridgehead atoms. The van der Waals surface area contributed by atoms with Crippen LogP contribution in [-0.2, 0) is 14.3 Å². The molecule has 1 atom stereocenters. The van der Waals surface area contributed by atoms with Crippen LogP contribution in [0.5, 0.6) is 0 Å². The summed E-state index contributed by atoms with van der Waals surface area (Å²) in [4.78, 5) is 36.8. The number of amides is 3. The summed E-state index contributed by atoms with van der Waals surface area (Å²) in [5.74, 6) is 0.0770. The fraction of sp³-hybridized carbons (Fsp3) is 0.800. The van der Waals surface area contributed by atoms with E-state index in [9.17, 15) is 14.4 Å². The van der Waals surface area contributed by atoms with E-state index >= 15 is 0 Å². The molecular formula is C15H25N3O4. The van der Waals surface area contributed by atoms with Gasteiger partial charge in [-0.1, -0.05) is 0 Å². The number of ether oxygens (including phenoxy) is 1. The number of alkyl carbamates (subject to hydrolysis) is 1. The van der Waals surface area contributed by atoms with Gasteiger partial charge in [0.1, 0.15) is 5.60 Å². The Morgan fingerprint density at radius 2 is 2.14 bits per heavy atom. The van der Waals surface area contributed by atoms with Crippen LogP contribution in [0.15, 0.2) is 0 Å². The lowest BCUT2D eigenvalue weighted by molar-refractivity contribution is -0.130. The smallest absolute Gasteiger partial charge is 0.407 e. The molecule has 2 heterocycles. The molecule has 0 aromatic rings. The molecule has 0 aromatic carbocycles. The summed E-state index contributed by atoms with van der Waals surface area (Å²) < 4.78 is 5.11. The Bertz CT molecular complexity index is 472. The van der Waals surface area contributed by atoms with Gasteiger partial charge < -0.3 is 20.3 Å². The van der Waals surface area contributed by atoms with Gasteiger partial charge in [0.15, 0.2) is 0 Å². The Hall–Kier alpha value is -1.79. The van der Waals surface area contributed by atoms with Gasteiger partial charge in [0, 0.05) is 44.4 Å². The molecule has 2 aliphatic heterocycles. The average Bonchev–Trinajstić information content (AvgIpc) is 2.94. The maximum atomic E-state index is 12.2. The number of carbonyl (C=O) groups excluding carboxylic acids is 3. The third-order valence-corrected chi connectivity index (χ3v) is 3.99. The first-order valence-electron chi connectivity index (χ1n) is 7.71. The first-order chi connectivity index (χ1) is 10.2. The number of likely N-dealkylation sites (tertiary alicyclic amines) is 1. The molecule has 7 nitrogen and oxygen atoms in total. The second kappa shape index (κ2) is 6.14. The standard InChI is InChI=1S/C15H25N3O4/c1-14(2,3)22-13(21)16-6-4-12(20)18-7-5-15(10-18)8-11(19)17-9-15/h4-10H2,1-3H3,(H,16,21)(H,17,19). The highest BCUT2D eigenvalue weighted by atomic mass is 16.6. The monoisotopic (exact) mass is 311 g/mol. The van der Waals surface area contributed by atoms with Gasteiger partial charge in [-0.2, -0.15) is 0 Å². The molecule has 3 amide bonds. The van der Waals surface area contributed by atoms with Crippen LogP contribution >= 0.6 is 0 Å². The molecule has 2 N–H and O–H groups in total. The lowest BCUT2D eigenvalue weighted by atomic mass is 9.86. The molecule has 7 heteroatoms. The highest BCUT2D eigenvalue weighted by molar-refractivity contribution is 5.81. The Labute approximate surface area is 130 Å². The van der Waals surface area contributed by atoms with Gasteiger partial charge in [-0.3, -0.25) is 9.59 Å². The summed E-state index contributed by atoms with van der Waals surface area (Å²) in [6.45, 7) is 7.59. The van der Waals surface area contributed by atoms with Crippen LogP contribution < -0.4 is 10.6 Å². The van der Waals surface area contributed by atoms with Gasteiger partial charge in [0.05, 0.1) is 0 Å². The SMILES string of the molecule is CC(C)(C)OC(=O)NCCC(=O)N1CCC2(CNC(=O)C2)C1. The number of carbonyl (C=O) groups is 3. The molecule has 0 radical (unpaired) electrons. The van der Waals surface area contributed by atoms with E-state index in [0.29, 0.717) is 26.1 Å². The Balaban J connectivity index is 1.70. The topological polar surface area (TPSA) is 87.7 Å². The van der Waals surface area contributed by atoms with Crippen molar-refractivity contribution < 1.29 is 19.1 Å². The minimum Gasteiger partial charge on any atom is -0.444 e. The molecule has 124 valence electrons. The number of hydrogen-bond acceptors (Lipinski definition) is 4. The Morgan fingerprint density at radius 3 is 2.73 bits per heavy atom. The van der Waals surface area contributed by atoms with Crippen molar-refractivity contribution in [2.45, 2.75) is 45.6 Å². The van der Waals surface area contributed by atoms with Gasteiger partial charge in [0.2, 0.25) is 11.8 Å². The van der Waals surface area contributed by atoms with E-state index in [-0.39, 0.29) is 30.2 Å². The Kier molecular flexibility index (Phi) is 4.63. The normalized spacial score (nSPS) is 24.5. The summed E-state index contributed by atoms with van der Waals surface area (Å²) in [7, 11) is 0. The van der Waals surface area contributed by atoms with Crippen molar-refractivity contribution in [2.75, 3.05) is 26.2 Å². The van der Waals surface area contributed by atoms with E-state index in [2.05, 4.69) is 10.6 Å². The summed E-state index contributed by atoms with van der Waals surface area (Å²) in [6, 6.07) is 0. The van der Waals surface area contributed by atoms with Gasteiger partial charge >= 0.3 is 6.09 Å². The number of nitrogens with zero attached hydrogens (tertiary/aromatic N) is 1. The van der Waals surface area contributed by atoms with E-state index < -0.39 is 11.7 Å². The summed E-state index contributed by atoms with van der Waals surface area (Å²) >= 11 is 0. The van der Waals surface area contributed by atoms with Crippen molar-refractivity contribution >= 4 is 17.9 Å².